The molecule has 3 nitrogen and oxygen atoms in total. The number of hydrogen-bond acceptors (Lipinski definition) is 3. The third kappa shape index (κ3) is 2.58. The Kier molecular flexibility index (Phi) is 4.22. The van der Waals surface area contributed by atoms with Gasteiger partial charge in [0.2, 0.25) is 0 Å². The topological polar surface area (TPSA) is 58.3 Å². The number of nitrogens with two attached hydrogens (primary N) is 1. The lowest BCUT2D eigenvalue weighted by Crippen LogP contribution is -2.43. The van der Waals surface area contributed by atoms with E-state index in [-0.39, 0.29) is 5.41 Å². The van der Waals surface area contributed by atoms with Crippen LogP contribution >= 0.6 is 0 Å². The Hall–Kier alpha value is -0.120. The molecule has 0 spiro atoms. The van der Waals surface area contributed by atoms with E-state index in [0.717, 1.165) is 13.1 Å². The molecule has 2 aliphatic rings. The van der Waals surface area contributed by atoms with Crippen molar-refractivity contribution in [2.75, 3.05) is 19.7 Å². The number of hydrogen-bond donors (Lipinski definition) is 3. The minimum absolute atomic E-state index is 0.182. The highest BCUT2D eigenvalue weighted by Gasteiger charge is 2.35. The fourth-order valence-corrected chi connectivity index (χ4v) is 3.45. The SMILES string of the molecule is NCC1CCCC1NCC1(CO)CCCC1. The first-order chi connectivity index (χ1) is 7.79. The van der Waals surface area contributed by atoms with Crippen molar-refractivity contribution in [1.82, 2.24) is 5.32 Å². The Morgan fingerprint density at radius 3 is 2.56 bits per heavy atom. The number of aliphatic hydroxyl groups is 1. The van der Waals surface area contributed by atoms with Crippen molar-refractivity contribution >= 4 is 0 Å². The average molecular weight is 226 g/mol. The second kappa shape index (κ2) is 5.48. The Bertz CT molecular complexity index is 214. The summed E-state index contributed by atoms with van der Waals surface area (Å²) in [6, 6.07) is 0.606. The van der Waals surface area contributed by atoms with Gasteiger partial charge < -0.3 is 16.2 Å². The summed E-state index contributed by atoms with van der Waals surface area (Å²) in [5.74, 6) is 0.664. The van der Waals surface area contributed by atoms with Crippen LogP contribution in [0.2, 0.25) is 0 Å². The summed E-state index contributed by atoms with van der Waals surface area (Å²) in [4.78, 5) is 0. The van der Waals surface area contributed by atoms with Gasteiger partial charge in [-0.05, 0) is 38.1 Å². The molecule has 2 unspecified atom stereocenters. The Balaban J connectivity index is 1.81. The van der Waals surface area contributed by atoms with Gasteiger partial charge in [-0.3, -0.25) is 0 Å². The number of nitrogens with one attached hydrogen (secondary N) is 1. The highest BCUT2D eigenvalue weighted by atomic mass is 16.3. The van der Waals surface area contributed by atoms with Crippen molar-refractivity contribution in [3.8, 4) is 0 Å². The van der Waals surface area contributed by atoms with E-state index in [1.807, 2.05) is 0 Å². The minimum Gasteiger partial charge on any atom is -0.396 e. The van der Waals surface area contributed by atoms with Gasteiger partial charge in [-0.1, -0.05) is 19.3 Å². The lowest BCUT2D eigenvalue weighted by molar-refractivity contribution is 0.122. The minimum atomic E-state index is 0.182. The molecule has 0 aromatic rings. The van der Waals surface area contributed by atoms with Gasteiger partial charge in [0.05, 0.1) is 0 Å². The normalized spacial score (nSPS) is 33.4. The maximum atomic E-state index is 9.55. The smallest absolute Gasteiger partial charge is 0.0499 e. The van der Waals surface area contributed by atoms with E-state index >= 15 is 0 Å². The quantitative estimate of drug-likeness (QED) is 0.661. The van der Waals surface area contributed by atoms with Crippen LogP contribution in [-0.4, -0.2) is 30.8 Å². The molecule has 0 aliphatic heterocycles. The van der Waals surface area contributed by atoms with Gasteiger partial charge in [0.25, 0.3) is 0 Å². The van der Waals surface area contributed by atoms with Gasteiger partial charge in [-0.25, -0.2) is 0 Å². The largest absolute Gasteiger partial charge is 0.396 e. The molecule has 4 N–H and O–H groups in total. The maximum Gasteiger partial charge on any atom is 0.0499 e. The molecule has 2 fully saturated rings. The van der Waals surface area contributed by atoms with E-state index in [1.165, 1.54) is 44.9 Å². The highest BCUT2D eigenvalue weighted by Crippen LogP contribution is 2.37. The van der Waals surface area contributed by atoms with Gasteiger partial charge in [0.15, 0.2) is 0 Å². The molecule has 94 valence electrons. The van der Waals surface area contributed by atoms with Crippen LogP contribution < -0.4 is 11.1 Å². The predicted molar refractivity (Wildman–Crippen MR) is 66.2 cm³/mol. The van der Waals surface area contributed by atoms with E-state index in [9.17, 15) is 5.11 Å². The highest BCUT2D eigenvalue weighted by molar-refractivity contribution is 4.90. The van der Waals surface area contributed by atoms with Crippen molar-refractivity contribution in [2.24, 2.45) is 17.1 Å². The van der Waals surface area contributed by atoms with Crippen LogP contribution in [0.1, 0.15) is 44.9 Å². The number of aliphatic hydroxyl groups excluding tert-OH is 1. The van der Waals surface area contributed by atoms with E-state index < -0.39 is 0 Å². The molecule has 0 bridgehead atoms. The third-order valence-corrected chi connectivity index (χ3v) is 4.70. The van der Waals surface area contributed by atoms with E-state index in [4.69, 9.17) is 5.73 Å². The molecule has 16 heavy (non-hydrogen) atoms. The molecule has 0 radical (unpaired) electrons. The van der Waals surface area contributed by atoms with Crippen molar-refractivity contribution in [3.63, 3.8) is 0 Å². The van der Waals surface area contributed by atoms with Gasteiger partial charge in [0, 0.05) is 24.6 Å². The lowest BCUT2D eigenvalue weighted by atomic mass is 9.86. The zero-order valence-electron chi connectivity index (χ0n) is 10.3. The standard InChI is InChI=1S/C13H26N2O/c14-8-11-4-3-5-12(11)15-9-13(10-16)6-1-2-7-13/h11-12,15-16H,1-10,14H2. The van der Waals surface area contributed by atoms with Crippen molar-refractivity contribution in [3.05, 3.63) is 0 Å². The van der Waals surface area contributed by atoms with Crippen LogP contribution in [0.3, 0.4) is 0 Å². The fourth-order valence-electron chi connectivity index (χ4n) is 3.45. The lowest BCUT2D eigenvalue weighted by Gasteiger charge is -2.30. The molecular formula is C13H26N2O. The van der Waals surface area contributed by atoms with E-state index in [0.29, 0.717) is 18.6 Å². The van der Waals surface area contributed by atoms with Crippen LogP contribution in [-0.2, 0) is 0 Å². The second-order valence-electron chi connectivity index (χ2n) is 5.78. The van der Waals surface area contributed by atoms with Crippen LogP contribution in [0.4, 0.5) is 0 Å². The summed E-state index contributed by atoms with van der Waals surface area (Å²) in [7, 11) is 0. The van der Waals surface area contributed by atoms with Crippen LogP contribution in [0.25, 0.3) is 0 Å². The van der Waals surface area contributed by atoms with E-state index in [1.54, 1.807) is 0 Å². The molecule has 2 atom stereocenters. The van der Waals surface area contributed by atoms with Crippen molar-refractivity contribution in [1.29, 1.82) is 0 Å². The summed E-state index contributed by atoms with van der Waals surface area (Å²) in [5, 5.41) is 13.2. The predicted octanol–water partition coefficient (Wildman–Crippen LogP) is 1.26. The Morgan fingerprint density at radius 1 is 1.19 bits per heavy atom. The summed E-state index contributed by atoms with van der Waals surface area (Å²) < 4.78 is 0. The summed E-state index contributed by atoms with van der Waals surface area (Å²) in [5.41, 5.74) is 5.97. The molecule has 3 heteroatoms. The van der Waals surface area contributed by atoms with Gasteiger partial charge in [0.1, 0.15) is 0 Å². The molecule has 0 heterocycles. The maximum absolute atomic E-state index is 9.55. The summed E-state index contributed by atoms with van der Waals surface area (Å²) in [6.45, 7) is 2.15. The van der Waals surface area contributed by atoms with Gasteiger partial charge in [-0.15, -0.1) is 0 Å². The fraction of sp³-hybridized carbons (Fsp3) is 1.00. The molecule has 2 rings (SSSR count). The van der Waals surface area contributed by atoms with Crippen LogP contribution in [0.5, 0.6) is 0 Å². The third-order valence-electron chi connectivity index (χ3n) is 4.70. The monoisotopic (exact) mass is 226 g/mol. The van der Waals surface area contributed by atoms with Gasteiger partial charge >= 0.3 is 0 Å². The van der Waals surface area contributed by atoms with E-state index in [2.05, 4.69) is 5.32 Å². The van der Waals surface area contributed by atoms with Crippen LogP contribution in [0, 0.1) is 11.3 Å². The zero-order chi connectivity index (χ0) is 11.4. The molecule has 0 aromatic carbocycles. The number of rotatable bonds is 5. The van der Waals surface area contributed by atoms with Crippen LogP contribution in [0.15, 0.2) is 0 Å². The molecule has 0 aromatic heterocycles. The molecule has 0 amide bonds. The summed E-state index contributed by atoms with van der Waals surface area (Å²) >= 11 is 0. The first-order valence-corrected chi connectivity index (χ1v) is 6.84. The summed E-state index contributed by atoms with van der Waals surface area (Å²) in [6.07, 6.45) is 8.81. The Labute approximate surface area is 98.8 Å². The molecular weight excluding hydrogens is 200 g/mol. The first-order valence-electron chi connectivity index (χ1n) is 6.84. The average Bonchev–Trinajstić information content (AvgIpc) is 2.96. The zero-order valence-corrected chi connectivity index (χ0v) is 10.3. The first kappa shape index (κ1) is 12.3. The molecule has 2 saturated carbocycles. The molecule has 0 saturated heterocycles. The van der Waals surface area contributed by atoms with Crippen molar-refractivity contribution < 1.29 is 5.11 Å². The Morgan fingerprint density at radius 2 is 1.94 bits per heavy atom. The second-order valence-corrected chi connectivity index (χ2v) is 5.78. The molecule has 2 aliphatic carbocycles. The van der Waals surface area contributed by atoms with Crippen molar-refractivity contribution in [2.45, 2.75) is 51.0 Å². The van der Waals surface area contributed by atoms with Gasteiger partial charge in [-0.2, -0.15) is 0 Å².